The number of rotatable bonds is 10. The highest BCUT2D eigenvalue weighted by Crippen LogP contribution is 1.94. The van der Waals surface area contributed by atoms with Gasteiger partial charge >= 0.3 is 5.97 Å². The van der Waals surface area contributed by atoms with Crippen LogP contribution in [0.25, 0.3) is 0 Å². The molecule has 0 radical (unpaired) electrons. The average molecular weight is 302 g/mol. The fraction of sp³-hybridized carbons (Fsp3) is 0.857. The molecule has 0 heterocycles. The van der Waals surface area contributed by atoms with E-state index in [2.05, 4.69) is 32.3 Å². The maximum Gasteiger partial charge on any atom is 0.310 e. The Labute approximate surface area is 128 Å². The monoisotopic (exact) mass is 302 g/mol. The van der Waals surface area contributed by atoms with Crippen LogP contribution in [-0.4, -0.2) is 77.9 Å². The minimum absolute atomic E-state index is 0.203. The van der Waals surface area contributed by atoms with E-state index in [0.717, 1.165) is 32.7 Å². The molecule has 0 aromatic rings. The Morgan fingerprint density at radius 2 is 2.00 bits per heavy atom. The Morgan fingerprint density at radius 3 is 2.57 bits per heavy atom. The Hall–Kier alpha value is -1.34. The minimum atomic E-state index is -0.226. The summed E-state index contributed by atoms with van der Waals surface area (Å²) in [7, 11) is 6.89. The number of nitrogens with one attached hydrogen (secondary N) is 2. The second-order valence-corrected chi connectivity index (χ2v) is 4.95. The Kier molecular flexibility index (Phi) is 11.6. The van der Waals surface area contributed by atoms with Gasteiger partial charge in [-0.2, -0.15) is 0 Å². The van der Waals surface area contributed by atoms with E-state index in [9.17, 15) is 4.79 Å². The summed E-state index contributed by atoms with van der Waals surface area (Å²) < 4.78 is 9.71. The Morgan fingerprint density at radius 1 is 1.29 bits per heavy atom. The maximum atomic E-state index is 11.3. The van der Waals surface area contributed by atoms with Crippen LogP contribution in [-0.2, 0) is 14.3 Å². The molecule has 0 aliphatic rings. The van der Waals surface area contributed by atoms with Crippen LogP contribution in [0.2, 0.25) is 0 Å². The van der Waals surface area contributed by atoms with E-state index < -0.39 is 0 Å². The number of guanidine groups is 1. The zero-order valence-corrected chi connectivity index (χ0v) is 13.9. The fourth-order valence-electron chi connectivity index (χ4n) is 1.71. The lowest BCUT2D eigenvalue weighted by Crippen LogP contribution is -2.43. The van der Waals surface area contributed by atoms with E-state index >= 15 is 0 Å². The van der Waals surface area contributed by atoms with Crippen molar-refractivity contribution in [2.45, 2.75) is 13.3 Å². The molecule has 7 heteroatoms. The molecule has 0 bridgehead atoms. The summed E-state index contributed by atoms with van der Waals surface area (Å²) in [6.07, 6.45) is 1.02. The number of aliphatic imine (C=N–C) groups is 1. The first-order valence-electron chi connectivity index (χ1n) is 7.25. The number of carbonyl (C=O) groups is 1. The van der Waals surface area contributed by atoms with Crippen molar-refractivity contribution in [2.75, 3.05) is 61.1 Å². The molecular formula is C14H30N4O3. The minimum Gasteiger partial charge on any atom is -0.469 e. The zero-order chi connectivity index (χ0) is 16.1. The van der Waals surface area contributed by atoms with Gasteiger partial charge in [0, 0.05) is 46.9 Å². The Bertz CT molecular complexity index is 311. The largest absolute Gasteiger partial charge is 0.469 e. The molecule has 0 aromatic carbocycles. The predicted octanol–water partition coefficient (Wildman–Crippen LogP) is -0.0712. The highest BCUT2D eigenvalue weighted by molar-refractivity contribution is 5.80. The van der Waals surface area contributed by atoms with E-state index in [1.54, 1.807) is 14.2 Å². The van der Waals surface area contributed by atoms with Gasteiger partial charge in [0.15, 0.2) is 5.96 Å². The van der Waals surface area contributed by atoms with Crippen molar-refractivity contribution in [3.63, 3.8) is 0 Å². The van der Waals surface area contributed by atoms with Crippen molar-refractivity contribution in [2.24, 2.45) is 10.9 Å². The van der Waals surface area contributed by atoms with E-state index in [1.807, 2.05) is 6.92 Å². The normalized spacial score (nSPS) is 13.1. The van der Waals surface area contributed by atoms with Gasteiger partial charge in [0.2, 0.25) is 0 Å². The lowest BCUT2D eigenvalue weighted by molar-refractivity contribution is -0.144. The van der Waals surface area contributed by atoms with Crippen molar-refractivity contribution < 1.29 is 14.3 Å². The van der Waals surface area contributed by atoms with Gasteiger partial charge in [-0.25, -0.2) is 0 Å². The molecule has 0 aromatic heterocycles. The van der Waals surface area contributed by atoms with Gasteiger partial charge in [0.25, 0.3) is 0 Å². The van der Waals surface area contributed by atoms with Crippen LogP contribution in [0.4, 0.5) is 0 Å². The summed E-state index contributed by atoms with van der Waals surface area (Å²) in [6.45, 7) is 5.80. The third-order valence-electron chi connectivity index (χ3n) is 3.08. The zero-order valence-electron chi connectivity index (χ0n) is 13.9. The van der Waals surface area contributed by atoms with Crippen LogP contribution in [0.1, 0.15) is 13.3 Å². The molecule has 0 spiro atoms. The number of esters is 1. The number of carbonyl (C=O) groups excluding carboxylic acids is 1. The lowest BCUT2D eigenvalue weighted by Gasteiger charge is -2.18. The van der Waals surface area contributed by atoms with Crippen molar-refractivity contribution >= 4 is 11.9 Å². The van der Waals surface area contributed by atoms with Gasteiger partial charge in [0.1, 0.15) is 0 Å². The number of ether oxygens (including phenoxy) is 2. The van der Waals surface area contributed by atoms with Gasteiger partial charge < -0.3 is 25.0 Å². The highest BCUT2D eigenvalue weighted by Gasteiger charge is 2.13. The third-order valence-corrected chi connectivity index (χ3v) is 3.08. The number of hydrogen-bond acceptors (Lipinski definition) is 5. The predicted molar refractivity (Wildman–Crippen MR) is 84.5 cm³/mol. The summed E-state index contributed by atoms with van der Waals surface area (Å²) in [5, 5.41) is 6.33. The molecule has 0 saturated carbocycles. The lowest BCUT2D eigenvalue weighted by atomic mass is 10.2. The maximum absolute atomic E-state index is 11.3. The summed E-state index contributed by atoms with van der Waals surface area (Å²) >= 11 is 0. The highest BCUT2D eigenvalue weighted by atomic mass is 16.5. The number of hydrogen-bond donors (Lipinski definition) is 2. The van der Waals surface area contributed by atoms with Gasteiger partial charge in [0.05, 0.1) is 13.0 Å². The van der Waals surface area contributed by atoms with Crippen LogP contribution in [0, 0.1) is 5.92 Å². The SMILES string of the molecule is CN=C(NCCN(C)CCCOC)NCC(C)C(=O)OC. The van der Waals surface area contributed by atoms with E-state index in [4.69, 9.17) is 4.74 Å². The summed E-state index contributed by atoms with van der Waals surface area (Å²) in [5.74, 6) is 0.261. The molecule has 1 unspecified atom stereocenters. The molecule has 7 nitrogen and oxygen atoms in total. The molecule has 0 fully saturated rings. The first kappa shape index (κ1) is 19.7. The number of likely N-dealkylation sites (N-methyl/N-ethyl adjacent to an activating group) is 1. The second kappa shape index (κ2) is 12.4. The first-order chi connectivity index (χ1) is 10.0. The fourth-order valence-corrected chi connectivity index (χ4v) is 1.71. The van der Waals surface area contributed by atoms with Gasteiger partial charge in [-0.3, -0.25) is 9.79 Å². The molecule has 124 valence electrons. The van der Waals surface area contributed by atoms with E-state index in [1.165, 1.54) is 7.11 Å². The molecule has 2 N–H and O–H groups in total. The first-order valence-corrected chi connectivity index (χ1v) is 7.25. The standard InChI is InChI=1S/C14H30N4O3/c1-12(13(19)21-5)11-17-14(15-2)16-7-9-18(3)8-6-10-20-4/h12H,6-11H2,1-5H3,(H2,15,16,17). The molecule has 0 aliphatic carbocycles. The smallest absolute Gasteiger partial charge is 0.310 e. The van der Waals surface area contributed by atoms with Crippen molar-refractivity contribution in [1.82, 2.24) is 15.5 Å². The summed E-state index contributed by atoms with van der Waals surface area (Å²) in [4.78, 5) is 17.7. The quantitative estimate of drug-likeness (QED) is 0.255. The van der Waals surface area contributed by atoms with Crippen LogP contribution in [0.3, 0.4) is 0 Å². The van der Waals surface area contributed by atoms with Crippen molar-refractivity contribution in [3.05, 3.63) is 0 Å². The summed E-state index contributed by atoms with van der Waals surface area (Å²) in [6, 6.07) is 0. The van der Waals surface area contributed by atoms with E-state index in [-0.39, 0.29) is 11.9 Å². The Balaban J connectivity index is 3.83. The van der Waals surface area contributed by atoms with E-state index in [0.29, 0.717) is 12.5 Å². The third kappa shape index (κ3) is 10.1. The van der Waals surface area contributed by atoms with Crippen LogP contribution in [0.5, 0.6) is 0 Å². The molecule has 0 aliphatic heterocycles. The molecule has 1 atom stereocenters. The van der Waals surface area contributed by atoms with Crippen molar-refractivity contribution in [1.29, 1.82) is 0 Å². The van der Waals surface area contributed by atoms with Gasteiger partial charge in [-0.05, 0) is 13.5 Å². The van der Waals surface area contributed by atoms with Crippen LogP contribution in [0.15, 0.2) is 4.99 Å². The average Bonchev–Trinajstić information content (AvgIpc) is 2.49. The number of nitrogens with zero attached hydrogens (tertiary/aromatic N) is 2. The molecule has 0 amide bonds. The molecular weight excluding hydrogens is 272 g/mol. The summed E-state index contributed by atoms with van der Waals surface area (Å²) in [5.41, 5.74) is 0. The van der Waals surface area contributed by atoms with Crippen LogP contribution >= 0.6 is 0 Å². The van der Waals surface area contributed by atoms with Crippen LogP contribution < -0.4 is 10.6 Å². The van der Waals surface area contributed by atoms with Gasteiger partial charge in [-0.1, -0.05) is 6.92 Å². The topological polar surface area (TPSA) is 75.2 Å². The van der Waals surface area contributed by atoms with Gasteiger partial charge in [-0.15, -0.1) is 0 Å². The molecule has 21 heavy (non-hydrogen) atoms. The molecule has 0 saturated heterocycles. The molecule has 0 rings (SSSR count). The second-order valence-electron chi connectivity index (χ2n) is 4.95. The number of methoxy groups -OCH3 is 2. The van der Waals surface area contributed by atoms with Crippen molar-refractivity contribution in [3.8, 4) is 0 Å².